The average Bonchev–Trinajstić information content (AvgIpc) is 3.63. The van der Waals surface area contributed by atoms with Crippen molar-refractivity contribution in [3.8, 4) is 21.7 Å². The second-order valence-corrected chi connectivity index (χ2v) is 12.3. The van der Waals surface area contributed by atoms with Gasteiger partial charge in [0.1, 0.15) is 10.7 Å². The minimum Gasteiger partial charge on any atom is -0.465 e. The van der Waals surface area contributed by atoms with Crippen LogP contribution in [0.25, 0.3) is 27.3 Å². The zero-order valence-corrected chi connectivity index (χ0v) is 24.2. The highest BCUT2D eigenvalue weighted by molar-refractivity contribution is 7.18. The molecule has 4 aromatic rings. The molecule has 0 unspecified atom stereocenters. The molecule has 0 radical (unpaired) electrons. The Morgan fingerprint density at radius 3 is 2.39 bits per heavy atom. The van der Waals surface area contributed by atoms with Crippen LogP contribution in [0.3, 0.4) is 0 Å². The van der Waals surface area contributed by atoms with Crippen LogP contribution in [0.15, 0.2) is 54.9 Å². The van der Waals surface area contributed by atoms with E-state index in [1.807, 2.05) is 53.6 Å². The number of ether oxygens (including phenoxy) is 1. The number of ketones is 1. The van der Waals surface area contributed by atoms with Crippen molar-refractivity contribution in [2.75, 3.05) is 12.0 Å². The normalized spacial score (nSPS) is 19.8. The van der Waals surface area contributed by atoms with Crippen molar-refractivity contribution in [3.63, 3.8) is 0 Å². The molecular weight excluding hydrogens is 536 g/mol. The van der Waals surface area contributed by atoms with Crippen LogP contribution in [0.2, 0.25) is 0 Å². The summed E-state index contributed by atoms with van der Waals surface area (Å²) in [7, 11) is 1.37. The molecule has 3 heterocycles. The standard InChI is InChI=1S/C32H34N4O4S/c1-20-4-6-23(7-5-20)31(38)36(24-12-14-25(37)15-13-24)27-19-28(41-30(27)32(39)40-2)22-10-8-21(9-11-22)26-18-29-33-16-3-17-35(29)34-26/h3,8-11,16-20,23-24H,4-7,12-15H2,1-2H3. The van der Waals surface area contributed by atoms with Gasteiger partial charge in [0.15, 0.2) is 5.65 Å². The van der Waals surface area contributed by atoms with Gasteiger partial charge in [0, 0.05) is 53.7 Å². The lowest BCUT2D eigenvalue weighted by molar-refractivity contribution is -0.125. The summed E-state index contributed by atoms with van der Waals surface area (Å²) < 4.78 is 6.93. The number of carbonyl (C=O) groups is 3. The van der Waals surface area contributed by atoms with Crippen molar-refractivity contribution >= 4 is 40.3 Å². The molecule has 2 fully saturated rings. The van der Waals surface area contributed by atoms with Gasteiger partial charge >= 0.3 is 5.97 Å². The zero-order chi connectivity index (χ0) is 28.5. The fourth-order valence-electron chi connectivity index (χ4n) is 6.10. The molecule has 2 saturated carbocycles. The fourth-order valence-corrected chi connectivity index (χ4v) is 7.17. The third kappa shape index (κ3) is 5.55. The number of Topliss-reactive ketones (excluding diaryl/α,β-unsaturated/α-hetero) is 1. The second kappa shape index (κ2) is 11.6. The Kier molecular flexibility index (Phi) is 7.71. The summed E-state index contributed by atoms with van der Waals surface area (Å²) in [6.07, 6.45) is 9.52. The molecule has 6 rings (SSSR count). The predicted octanol–water partition coefficient (Wildman–Crippen LogP) is 6.58. The van der Waals surface area contributed by atoms with E-state index in [9.17, 15) is 14.4 Å². The molecule has 2 aliphatic rings. The Labute approximate surface area is 243 Å². The first-order chi connectivity index (χ1) is 19.9. The topological polar surface area (TPSA) is 93.9 Å². The number of hydrogen-bond donors (Lipinski definition) is 0. The Morgan fingerprint density at radius 1 is 1.00 bits per heavy atom. The maximum atomic E-state index is 14.2. The number of nitrogens with zero attached hydrogens (tertiary/aromatic N) is 4. The molecule has 1 aromatic carbocycles. The van der Waals surface area contributed by atoms with Crippen LogP contribution in [0.5, 0.6) is 0 Å². The van der Waals surface area contributed by atoms with Gasteiger partial charge in [0.05, 0.1) is 18.5 Å². The summed E-state index contributed by atoms with van der Waals surface area (Å²) in [5.74, 6) is 0.407. The number of fused-ring (bicyclic) bond motifs is 1. The monoisotopic (exact) mass is 570 g/mol. The molecule has 2 aliphatic carbocycles. The van der Waals surface area contributed by atoms with E-state index in [4.69, 9.17) is 4.74 Å². The molecule has 0 saturated heterocycles. The Balaban J connectivity index is 1.36. The van der Waals surface area contributed by atoms with E-state index in [-0.39, 0.29) is 23.7 Å². The molecule has 212 valence electrons. The highest BCUT2D eigenvalue weighted by atomic mass is 32.1. The van der Waals surface area contributed by atoms with E-state index in [0.29, 0.717) is 42.2 Å². The first-order valence-corrected chi connectivity index (χ1v) is 15.2. The van der Waals surface area contributed by atoms with Gasteiger partial charge in [-0.1, -0.05) is 31.2 Å². The Morgan fingerprint density at radius 2 is 1.71 bits per heavy atom. The van der Waals surface area contributed by atoms with E-state index < -0.39 is 5.97 Å². The van der Waals surface area contributed by atoms with Gasteiger partial charge in [-0.2, -0.15) is 5.10 Å². The number of methoxy groups -OCH3 is 1. The number of hydrogen-bond acceptors (Lipinski definition) is 7. The lowest BCUT2D eigenvalue weighted by Gasteiger charge is -2.37. The van der Waals surface area contributed by atoms with Crippen molar-refractivity contribution in [2.45, 2.75) is 64.3 Å². The predicted molar refractivity (Wildman–Crippen MR) is 159 cm³/mol. The van der Waals surface area contributed by atoms with Crippen LogP contribution in [-0.4, -0.2) is 45.4 Å². The van der Waals surface area contributed by atoms with Crippen LogP contribution in [0.1, 0.15) is 68.0 Å². The number of thiophene rings is 1. The Hall–Kier alpha value is -3.85. The molecule has 0 N–H and O–H groups in total. The summed E-state index contributed by atoms with van der Waals surface area (Å²) in [6.45, 7) is 2.24. The minimum absolute atomic E-state index is 0.0709. The van der Waals surface area contributed by atoms with Gasteiger partial charge in [-0.3, -0.25) is 9.59 Å². The number of aromatic nitrogens is 3. The van der Waals surface area contributed by atoms with Crippen molar-refractivity contribution < 1.29 is 19.1 Å². The van der Waals surface area contributed by atoms with Crippen LogP contribution in [-0.2, 0) is 14.3 Å². The smallest absolute Gasteiger partial charge is 0.350 e. The molecule has 3 aromatic heterocycles. The highest BCUT2D eigenvalue weighted by Gasteiger charge is 2.37. The lowest BCUT2D eigenvalue weighted by atomic mass is 9.81. The molecule has 0 atom stereocenters. The lowest BCUT2D eigenvalue weighted by Crippen LogP contribution is -2.46. The van der Waals surface area contributed by atoms with Gasteiger partial charge in [0.2, 0.25) is 5.91 Å². The maximum Gasteiger partial charge on any atom is 0.350 e. The van der Waals surface area contributed by atoms with Gasteiger partial charge in [-0.25, -0.2) is 14.3 Å². The van der Waals surface area contributed by atoms with Gasteiger partial charge < -0.3 is 9.64 Å². The van der Waals surface area contributed by atoms with E-state index in [1.54, 1.807) is 10.7 Å². The molecule has 9 heteroatoms. The number of benzene rings is 1. The number of esters is 1. The van der Waals surface area contributed by atoms with Crippen molar-refractivity contribution in [1.29, 1.82) is 0 Å². The largest absolute Gasteiger partial charge is 0.465 e. The zero-order valence-electron chi connectivity index (χ0n) is 23.4. The summed E-state index contributed by atoms with van der Waals surface area (Å²) in [4.78, 5) is 46.8. The molecule has 0 aliphatic heterocycles. The summed E-state index contributed by atoms with van der Waals surface area (Å²) in [5.41, 5.74) is 4.10. The number of amides is 1. The first-order valence-electron chi connectivity index (χ1n) is 14.4. The van der Waals surface area contributed by atoms with E-state index in [2.05, 4.69) is 17.0 Å². The van der Waals surface area contributed by atoms with Crippen LogP contribution < -0.4 is 4.90 Å². The third-order valence-corrected chi connectivity index (χ3v) is 9.68. The van der Waals surface area contributed by atoms with E-state index in [1.165, 1.54) is 18.4 Å². The fraction of sp³-hybridized carbons (Fsp3) is 0.406. The number of anilines is 1. The quantitative estimate of drug-likeness (QED) is 0.243. The SMILES string of the molecule is COC(=O)c1sc(-c2ccc(-c3cc4ncccn4n3)cc2)cc1N(C(=O)C1CCC(C)CC1)C1CCC(=O)CC1. The van der Waals surface area contributed by atoms with Gasteiger partial charge in [0.25, 0.3) is 0 Å². The van der Waals surface area contributed by atoms with Crippen LogP contribution in [0.4, 0.5) is 5.69 Å². The number of rotatable bonds is 6. The summed E-state index contributed by atoms with van der Waals surface area (Å²) in [6, 6.07) is 13.7. The van der Waals surface area contributed by atoms with Crippen molar-refractivity contribution in [1.82, 2.24) is 14.6 Å². The maximum absolute atomic E-state index is 14.2. The van der Waals surface area contributed by atoms with Crippen molar-refractivity contribution in [3.05, 3.63) is 59.7 Å². The van der Waals surface area contributed by atoms with Crippen molar-refractivity contribution in [2.24, 2.45) is 11.8 Å². The molecular formula is C32H34N4O4S. The van der Waals surface area contributed by atoms with Crippen LogP contribution >= 0.6 is 11.3 Å². The first kappa shape index (κ1) is 27.3. The highest BCUT2D eigenvalue weighted by Crippen LogP contribution is 2.42. The Bertz CT molecular complexity index is 1540. The van der Waals surface area contributed by atoms with Gasteiger partial charge in [-0.05, 0) is 62.1 Å². The number of carbonyl (C=O) groups excluding carboxylic acids is 3. The molecule has 1 amide bonds. The molecule has 0 spiro atoms. The minimum atomic E-state index is -0.452. The summed E-state index contributed by atoms with van der Waals surface area (Å²) >= 11 is 1.34. The molecule has 8 nitrogen and oxygen atoms in total. The summed E-state index contributed by atoms with van der Waals surface area (Å²) in [5, 5.41) is 4.61. The third-order valence-electron chi connectivity index (χ3n) is 8.52. The van der Waals surface area contributed by atoms with E-state index in [0.717, 1.165) is 53.0 Å². The molecule has 41 heavy (non-hydrogen) atoms. The van der Waals surface area contributed by atoms with Gasteiger partial charge in [-0.15, -0.1) is 11.3 Å². The second-order valence-electron chi connectivity index (χ2n) is 11.3. The van der Waals surface area contributed by atoms with Crippen LogP contribution in [0, 0.1) is 11.8 Å². The van der Waals surface area contributed by atoms with E-state index >= 15 is 0 Å². The molecule has 0 bridgehead atoms. The average molecular weight is 571 g/mol.